The van der Waals surface area contributed by atoms with Crippen LogP contribution in [0.3, 0.4) is 0 Å². The SMILES string of the molecule is FC(F)(F)COC1CCCC(NCc2cccs2)C1. The van der Waals surface area contributed by atoms with E-state index in [0.29, 0.717) is 6.42 Å². The Hall–Kier alpha value is -0.590. The quantitative estimate of drug-likeness (QED) is 0.893. The lowest BCUT2D eigenvalue weighted by Crippen LogP contribution is -2.37. The molecule has 108 valence electrons. The number of alkyl halides is 3. The smallest absolute Gasteiger partial charge is 0.369 e. The Morgan fingerprint density at radius 3 is 2.89 bits per heavy atom. The van der Waals surface area contributed by atoms with Gasteiger partial charge in [-0.2, -0.15) is 13.2 Å². The van der Waals surface area contributed by atoms with Crippen LogP contribution in [-0.4, -0.2) is 24.9 Å². The number of rotatable bonds is 5. The van der Waals surface area contributed by atoms with Crippen molar-refractivity contribution in [2.75, 3.05) is 6.61 Å². The van der Waals surface area contributed by atoms with Gasteiger partial charge in [-0.15, -0.1) is 11.3 Å². The topological polar surface area (TPSA) is 21.3 Å². The number of hydrogen-bond donors (Lipinski definition) is 1. The standard InChI is InChI=1S/C13H18F3NOS/c14-13(15,16)9-18-11-4-1-3-10(7-11)17-8-12-5-2-6-19-12/h2,5-6,10-11,17H,1,3-4,7-9H2. The van der Waals surface area contributed by atoms with E-state index >= 15 is 0 Å². The molecule has 0 aliphatic heterocycles. The van der Waals surface area contributed by atoms with Gasteiger partial charge in [-0.3, -0.25) is 0 Å². The molecule has 1 N–H and O–H groups in total. The van der Waals surface area contributed by atoms with Crippen LogP contribution in [0.4, 0.5) is 13.2 Å². The van der Waals surface area contributed by atoms with E-state index in [4.69, 9.17) is 4.74 Å². The minimum atomic E-state index is -4.22. The van der Waals surface area contributed by atoms with Crippen molar-refractivity contribution in [3.05, 3.63) is 22.4 Å². The van der Waals surface area contributed by atoms with Gasteiger partial charge >= 0.3 is 6.18 Å². The van der Waals surface area contributed by atoms with E-state index < -0.39 is 12.8 Å². The first-order chi connectivity index (χ1) is 9.03. The van der Waals surface area contributed by atoms with Crippen molar-refractivity contribution in [2.45, 2.75) is 50.6 Å². The van der Waals surface area contributed by atoms with E-state index in [1.165, 1.54) is 4.88 Å². The molecular formula is C13H18F3NOS. The lowest BCUT2D eigenvalue weighted by molar-refractivity contribution is -0.188. The monoisotopic (exact) mass is 293 g/mol. The molecule has 1 saturated carbocycles. The summed E-state index contributed by atoms with van der Waals surface area (Å²) >= 11 is 1.68. The van der Waals surface area contributed by atoms with Crippen LogP contribution >= 0.6 is 11.3 Å². The minimum absolute atomic E-state index is 0.258. The van der Waals surface area contributed by atoms with Gasteiger partial charge in [0, 0.05) is 17.5 Å². The van der Waals surface area contributed by atoms with Crippen LogP contribution in [-0.2, 0) is 11.3 Å². The molecule has 1 aliphatic carbocycles. The first-order valence-corrected chi connectivity index (χ1v) is 7.35. The Balaban J connectivity index is 1.71. The van der Waals surface area contributed by atoms with Gasteiger partial charge < -0.3 is 10.1 Å². The van der Waals surface area contributed by atoms with E-state index in [2.05, 4.69) is 11.4 Å². The third-order valence-electron chi connectivity index (χ3n) is 3.25. The fraction of sp³-hybridized carbons (Fsp3) is 0.692. The summed E-state index contributed by atoms with van der Waals surface area (Å²) in [5, 5.41) is 5.42. The van der Waals surface area contributed by atoms with Gasteiger partial charge in [-0.05, 0) is 37.1 Å². The first kappa shape index (κ1) is 14.8. The molecule has 0 radical (unpaired) electrons. The second-order valence-corrected chi connectivity index (χ2v) is 5.90. The molecule has 0 spiro atoms. The van der Waals surface area contributed by atoms with Crippen molar-refractivity contribution in [2.24, 2.45) is 0 Å². The molecule has 2 rings (SSSR count). The number of hydrogen-bond acceptors (Lipinski definition) is 3. The molecule has 0 amide bonds. The lowest BCUT2D eigenvalue weighted by Gasteiger charge is -2.30. The highest BCUT2D eigenvalue weighted by Gasteiger charge is 2.31. The molecule has 6 heteroatoms. The molecule has 1 aliphatic rings. The fourth-order valence-corrected chi connectivity index (χ4v) is 3.01. The fourth-order valence-electron chi connectivity index (χ4n) is 2.35. The van der Waals surface area contributed by atoms with Gasteiger partial charge in [0.1, 0.15) is 6.61 Å². The normalized spacial score (nSPS) is 24.6. The summed E-state index contributed by atoms with van der Waals surface area (Å²) in [5.41, 5.74) is 0. The van der Waals surface area contributed by atoms with Crippen LogP contribution in [0.2, 0.25) is 0 Å². The van der Waals surface area contributed by atoms with Crippen molar-refractivity contribution < 1.29 is 17.9 Å². The van der Waals surface area contributed by atoms with Crippen LogP contribution in [0.25, 0.3) is 0 Å². The maximum Gasteiger partial charge on any atom is 0.411 e. The third-order valence-corrected chi connectivity index (χ3v) is 4.13. The zero-order valence-corrected chi connectivity index (χ0v) is 11.4. The molecule has 1 fully saturated rings. The molecule has 0 saturated heterocycles. The van der Waals surface area contributed by atoms with Crippen molar-refractivity contribution in [1.29, 1.82) is 0 Å². The predicted molar refractivity (Wildman–Crippen MR) is 69.2 cm³/mol. The molecule has 0 aromatic carbocycles. The van der Waals surface area contributed by atoms with E-state index in [0.717, 1.165) is 25.8 Å². The Bertz CT molecular complexity index is 366. The Labute approximate surface area is 115 Å². The molecule has 19 heavy (non-hydrogen) atoms. The van der Waals surface area contributed by atoms with Crippen LogP contribution < -0.4 is 5.32 Å². The van der Waals surface area contributed by atoms with Gasteiger partial charge in [0.2, 0.25) is 0 Å². The van der Waals surface area contributed by atoms with E-state index in [1.807, 2.05) is 11.4 Å². The molecule has 2 nitrogen and oxygen atoms in total. The van der Waals surface area contributed by atoms with Crippen molar-refractivity contribution in [1.82, 2.24) is 5.32 Å². The molecule has 1 heterocycles. The lowest BCUT2D eigenvalue weighted by atomic mass is 9.93. The predicted octanol–water partition coefficient (Wildman–Crippen LogP) is 3.73. The van der Waals surface area contributed by atoms with Crippen molar-refractivity contribution in [3.63, 3.8) is 0 Å². The Kier molecular flexibility index (Phi) is 5.24. The molecule has 2 unspecified atom stereocenters. The van der Waals surface area contributed by atoms with Crippen LogP contribution in [0.5, 0.6) is 0 Å². The highest BCUT2D eigenvalue weighted by atomic mass is 32.1. The highest BCUT2D eigenvalue weighted by Crippen LogP contribution is 2.24. The van der Waals surface area contributed by atoms with Crippen LogP contribution in [0, 0.1) is 0 Å². The van der Waals surface area contributed by atoms with E-state index in [1.54, 1.807) is 11.3 Å². The zero-order valence-electron chi connectivity index (χ0n) is 10.6. The molecule has 1 aromatic rings. The number of halogens is 3. The van der Waals surface area contributed by atoms with Gasteiger partial charge in [0.25, 0.3) is 0 Å². The summed E-state index contributed by atoms with van der Waals surface area (Å²) < 4.78 is 41.3. The van der Waals surface area contributed by atoms with Crippen molar-refractivity contribution >= 4 is 11.3 Å². The number of ether oxygens (including phenoxy) is 1. The van der Waals surface area contributed by atoms with Gasteiger partial charge in [0.05, 0.1) is 6.10 Å². The van der Waals surface area contributed by atoms with Gasteiger partial charge in [0.15, 0.2) is 0 Å². The minimum Gasteiger partial charge on any atom is -0.369 e. The van der Waals surface area contributed by atoms with Crippen molar-refractivity contribution in [3.8, 4) is 0 Å². The molecular weight excluding hydrogens is 275 g/mol. The summed E-state index contributed by atoms with van der Waals surface area (Å²) in [7, 11) is 0. The van der Waals surface area contributed by atoms with E-state index in [9.17, 15) is 13.2 Å². The maximum atomic E-state index is 12.1. The third kappa shape index (κ3) is 5.50. The highest BCUT2D eigenvalue weighted by molar-refractivity contribution is 7.09. The summed E-state index contributed by atoms with van der Waals surface area (Å²) in [5.74, 6) is 0. The second-order valence-electron chi connectivity index (χ2n) is 4.87. The first-order valence-electron chi connectivity index (χ1n) is 6.47. The zero-order chi connectivity index (χ0) is 13.7. The van der Waals surface area contributed by atoms with E-state index in [-0.39, 0.29) is 12.1 Å². The summed E-state index contributed by atoms with van der Waals surface area (Å²) in [6.45, 7) is -0.344. The summed E-state index contributed by atoms with van der Waals surface area (Å²) in [6.07, 6.45) is -1.16. The molecule has 0 bridgehead atoms. The average molecular weight is 293 g/mol. The van der Waals surface area contributed by atoms with Gasteiger partial charge in [-0.25, -0.2) is 0 Å². The molecule has 2 atom stereocenters. The number of thiophene rings is 1. The largest absolute Gasteiger partial charge is 0.411 e. The van der Waals surface area contributed by atoms with Crippen LogP contribution in [0.15, 0.2) is 17.5 Å². The number of nitrogens with one attached hydrogen (secondary N) is 1. The molecule has 1 aromatic heterocycles. The van der Waals surface area contributed by atoms with Crippen LogP contribution in [0.1, 0.15) is 30.6 Å². The maximum absolute atomic E-state index is 12.1. The average Bonchev–Trinajstić information content (AvgIpc) is 2.87. The Morgan fingerprint density at radius 1 is 1.37 bits per heavy atom. The summed E-state index contributed by atoms with van der Waals surface area (Å²) in [4.78, 5) is 1.25. The summed E-state index contributed by atoms with van der Waals surface area (Å²) in [6, 6.07) is 4.31. The Morgan fingerprint density at radius 2 is 2.21 bits per heavy atom. The second kappa shape index (κ2) is 6.72. The van der Waals surface area contributed by atoms with Gasteiger partial charge in [-0.1, -0.05) is 6.07 Å².